The van der Waals surface area contributed by atoms with E-state index in [1.165, 1.54) is 7.11 Å². The number of hydrogen-bond donors (Lipinski definition) is 1. The van der Waals surface area contributed by atoms with Gasteiger partial charge in [0.05, 0.1) is 18.9 Å². The molecule has 0 spiro atoms. The van der Waals surface area contributed by atoms with Crippen LogP contribution in [-0.2, 0) is 16.0 Å². The summed E-state index contributed by atoms with van der Waals surface area (Å²) in [5.74, 6) is -0.412. The van der Waals surface area contributed by atoms with Crippen molar-refractivity contribution >= 4 is 5.97 Å². The summed E-state index contributed by atoms with van der Waals surface area (Å²) in [6, 6.07) is 5.69. The Labute approximate surface area is 125 Å². The molecule has 6 heteroatoms. The Bertz CT molecular complexity index is 481. The average molecular weight is 293 g/mol. The normalized spacial score (nSPS) is 23.0. The fraction of sp³-hybridized carbons (Fsp3) is 0.600. The molecule has 1 fully saturated rings. The van der Waals surface area contributed by atoms with Crippen molar-refractivity contribution in [3.05, 3.63) is 29.6 Å². The molecule has 2 rings (SSSR count). The average Bonchev–Trinajstić information content (AvgIpc) is 2.54. The summed E-state index contributed by atoms with van der Waals surface area (Å²) in [7, 11) is 3.10. The van der Waals surface area contributed by atoms with Crippen molar-refractivity contribution in [3.8, 4) is 0 Å². The van der Waals surface area contributed by atoms with Gasteiger partial charge in [-0.15, -0.1) is 0 Å². The van der Waals surface area contributed by atoms with Crippen molar-refractivity contribution in [1.29, 1.82) is 0 Å². The summed E-state index contributed by atoms with van der Waals surface area (Å²) in [5.41, 5.74) is 7.07. The molecule has 2 unspecified atom stereocenters. The summed E-state index contributed by atoms with van der Waals surface area (Å²) in [6.07, 6.45) is 2.21. The molecule has 116 valence electrons. The fourth-order valence-corrected chi connectivity index (χ4v) is 2.72. The Morgan fingerprint density at radius 1 is 1.48 bits per heavy atom. The number of esters is 1. The van der Waals surface area contributed by atoms with Crippen molar-refractivity contribution in [2.45, 2.75) is 31.5 Å². The number of pyridine rings is 1. The highest BCUT2D eigenvalue weighted by molar-refractivity contribution is 5.87. The second-order valence-electron chi connectivity index (χ2n) is 5.25. The van der Waals surface area contributed by atoms with Crippen LogP contribution in [0, 0.1) is 0 Å². The van der Waals surface area contributed by atoms with Crippen molar-refractivity contribution in [2.24, 2.45) is 5.73 Å². The van der Waals surface area contributed by atoms with Gasteiger partial charge in [-0.2, -0.15) is 0 Å². The van der Waals surface area contributed by atoms with Gasteiger partial charge in [-0.1, -0.05) is 6.07 Å². The lowest BCUT2D eigenvalue weighted by Gasteiger charge is -2.38. The number of piperidine rings is 1. The van der Waals surface area contributed by atoms with E-state index in [0.717, 1.165) is 25.1 Å². The molecule has 0 saturated carbocycles. The Kier molecular flexibility index (Phi) is 5.67. The highest BCUT2D eigenvalue weighted by atomic mass is 16.5. The Hall–Kier alpha value is -1.50. The number of methoxy groups -OCH3 is 2. The van der Waals surface area contributed by atoms with Gasteiger partial charge in [0.25, 0.3) is 0 Å². The maximum Gasteiger partial charge on any atom is 0.356 e. The van der Waals surface area contributed by atoms with Crippen LogP contribution in [0.3, 0.4) is 0 Å². The van der Waals surface area contributed by atoms with Gasteiger partial charge >= 0.3 is 5.97 Å². The Morgan fingerprint density at radius 3 is 2.95 bits per heavy atom. The van der Waals surface area contributed by atoms with E-state index >= 15 is 0 Å². The number of carbonyl (C=O) groups is 1. The predicted octanol–water partition coefficient (Wildman–Crippen LogP) is 0.806. The topological polar surface area (TPSA) is 77.7 Å². The van der Waals surface area contributed by atoms with Crippen LogP contribution in [-0.4, -0.2) is 55.3 Å². The first-order chi connectivity index (χ1) is 10.2. The first-order valence-electron chi connectivity index (χ1n) is 7.19. The maximum atomic E-state index is 11.5. The second-order valence-corrected chi connectivity index (χ2v) is 5.25. The van der Waals surface area contributed by atoms with Crippen molar-refractivity contribution in [3.63, 3.8) is 0 Å². The molecule has 0 amide bonds. The SMILES string of the molecule is COC(=O)c1cccc(CN2CCC(OC)CC2CN)n1. The number of rotatable bonds is 5. The third-order valence-corrected chi connectivity index (χ3v) is 3.96. The van der Waals surface area contributed by atoms with Crippen molar-refractivity contribution < 1.29 is 14.3 Å². The summed E-state index contributed by atoms with van der Waals surface area (Å²) >= 11 is 0. The zero-order valence-corrected chi connectivity index (χ0v) is 12.6. The minimum atomic E-state index is -0.412. The van der Waals surface area contributed by atoms with Gasteiger partial charge in [0.2, 0.25) is 0 Å². The molecular formula is C15H23N3O3. The molecule has 1 aliphatic heterocycles. The molecule has 1 saturated heterocycles. The molecule has 21 heavy (non-hydrogen) atoms. The monoisotopic (exact) mass is 293 g/mol. The highest BCUT2D eigenvalue weighted by Gasteiger charge is 2.27. The standard InChI is InChI=1S/C15H23N3O3/c1-20-13-6-7-18(12(8-13)9-16)10-11-4-3-5-14(17-11)15(19)21-2/h3-5,12-13H,6-10,16H2,1-2H3. The van der Waals surface area contributed by atoms with Crippen LogP contribution in [0.2, 0.25) is 0 Å². The van der Waals surface area contributed by atoms with Gasteiger partial charge < -0.3 is 15.2 Å². The highest BCUT2D eigenvalue weighted by Crippen LogP contribution is 2.21. The minimum Gasteiger partial charge on any atom is -0.464 e. The molecule has 6 nitrogen and oxygen atoms in total. The van der Waals surface area contributed by atoms with Crippen LogP contribution in [0.15, 0.2) is 18.2 Å². The van der Waals surface area contributed by atoms with E-state index < -0.39 is 5.97 Å². The van der Waals surface area contributed by atoms with Crippen LogP contribution in [0.4, 0.5) is 0 Å². The lowest BCUT2D eigenvalue weighted by Crippen LogP contribution is -2.48. The third-order valence-electron chi connectivity index (χ3n) is 3.96. The Balaban J connectivity index is 2.05. The lowest BCUT2D eigenvalue weighted by atomic mass is 9.99. The van der Waals surface area contributed by atoms with Gasteiger partial charge in [-0.3, -0.25) is 4.90 Å². The summed E-state index contributed by atoms with van der Waals surface area (Å²) in [5, 5.41) is 0. The number of carbonyl (C=O) groups excluding carboxylic acids is 1. The van der Waals surface area contributed by atoms with Crippen LogP contribution >= 0.6 is 0 Å². The molecule has 2 atom stereocenters. The van der Waals surface area contributed by atoms with Gasteiger partial charge in [-0.25, -0.2) is 9.78 Å². The molecule has 1 aliphatic rings. The van der Waals surface area contributed by atoms with Gasteiger partial charge in [0.1, 0.15) is 5.69 Å². The predicted molar refractivity (Wildman–Crippen MR) is 78.9 cm³/mol. The molecule has 0 bridgehead atoms. The zero-order chi connectivity index (χ0) is 15.2. The van der Waals surface area contributed by atoms with E-state index in [2.05, 4.69) is 9.88 Å². The summed E-state index contributed by atoms with van der Waals surface area (Å²) in [6.45, 7) is 2.20. The third kappa shape index (κ3) is 4.00. The quantitative estimate of drug-likeness (QED) is 0.809. The Morgan fingerprint density at radius 2 is 2.29 bits per heavy atom. The largest absolute Gasteiger partial charge is 0.464 e. The molecule has 2 N–H and O–H groups in total. The van der Waals surface area contributed by atoms with Crippen LogP contribution in [0.5, 0.6) is 0 Å². The number of hydrogen-bond acceptors (Lipinski definition) is 6. The van der Waals surface area contributed by atoms with Crippen molar-refractivity contribution in [1.82, 2.24) is 9.88 Å². The summed E-state index contributed by atoms with van der Waals surface area (Å²) < 4.78 is 10.1. The van der Waals surface area contributed by atoms with Gasteiger partial charge in [-0.05, 0) is 25.0 Å². The molecule has 2 heterocycles. The molecular weight excluding hydrogens is 270 g/mol. The first kappa shape index (κ1) is 15.9. The lowest BCUT2D eigenvalue weighted by molar-refractivity contribution is 0.00975. The molecule has 0 radical (unpaired) electrons. The minimum absolute atomic E-state index is 0.282. The molecule has 1 aromatic heterocycles. The van der Waals surface area contributed by atoms with Crippen LogP contribution in [0.1, 0.15) is 29.0 Å². The summed E-state index contributed by atoms with van der Waals surface area (Å²) in [4.78, 5) is 18.2. The van der Waals surface area contributed by atoms with E-state index in [-0.39, 0.29) is 12.1 Å². The molecule has 0 aliphatic carbocycles. The number of ether oxygens (including phenoxy) is 2. The smallest absolute Gasteiger partial charge is 0.356 e. The fourth-order valence-electron chi connectivity index (χ4n) is 2.72. The van der Waals surface area contributed by atoms with Gasteiger partial charge in [0.15, 0.2) is 0 Å². The van der Waals surface area contributed by atoms with E-state index in [1.807, 2.05) is 12.1 Å². The van der Waals surface area contributed by atoms with Crippen LogP contribution < -0.4 is 5.73 Å². The second kappa shape index (κ2) is 7.49. The van der Waals surface area contributed by atoms with E-state index in [9.17, 15) is 4.79 Å². The first-order valence-corrected chi connectivity index (χ1v) is 7.19. The van der Waals surface area contributed by atoms with E-state index in [0.29, 0.717) is 18.8 Å². The maximum absolute atomic E-state index is 11.5. The number of aromatic nitrogens is 1. The number of likely N-dealkylation sites (tertiary alicyclic amines) is 1. The molecule has 1 aromatic rings. The molecule has 0 aromatic carbocycles. The number of nitrogens with zero attached hydrogens (tertiary/aromatic N) is 2. The van der Waals surface area contributed by atoms with E-state index in [4.69, 9.17) is 15.2 Å². The van der Waals surface area contributed by atoms with Gasteiger partial charge in [0, 0.05) is 32.8 Å². The van der Waals surface area contributed by atoms with Crippen LogP contribution in [0.25, 0.3) is 0 Å². The van der Waals surface area contributed by atoms with E-state index in [1.54, 1.807) is 13.2 Å². The number of nitrogens with two attached hydrogens (primary N) is 1. The zero-order valence-electron chi connectivity index (χ0n) is 12.6. The van der Waals surface area contributed by atoms with Crippen molar-refractivity contribution in [2.75, 3.05) is 27.3 Å².